The predicted molar refractivity (Wildman–Crippen MR) is 67.0 cm³/mol. The van der Waals surface area contributed by atoms with Crippen molar-refractivity contribution in [3.05, 3.63) is 35.4 Å². The molecule has 1 aliphatic carbocycles. The summed E-state index contributed by atoms with van der Waals surface area (Å²) in [5.74, 6) is -0.774. The standard InChI is InChI=1S/C14H19NO2/c1-3-14(2,13(16)17)15-12-9-8-10-6-4-5-7-11(10)12/h4-7,12,15H,3,8-9H2,1-2H3,(H,16,17). The number of nitrogens with one attached hydrogen (secondary N) is 1. The number of carboxylic acid groups (broad SMARTS) is 1. The largest absolute Gasteiger partial charge is 0.480 e. The third-order valence-corrected chi connectivity index (χ3v) is 3.80. The molecule has 3 nitrogen and oxygen atoms in total. The molecule has 0 aromatic heterocycles. The molecule has 0 aliphatic heterocycles. The maximum absolute atomic E-state index is 11.3. The smallest absolute Gasteiger partial charge is 0.323 e. The van der Waals surface area contributed by atoms with Gasteiger partial charge in [-0.15, -0.1) is 0 Å². The van der Waals surface area contributed by atoms with Crippen LogP contribution >= 0.6 is 0 Å². The predicted octanol–water partition coefficient (Wildman–Crippen LogP) is 2.52. The molecule has 92 valence electrons. The molecule has 2 rings (SSSR count). The van der Waals surface area contributed by atoms with Crippen molar-refractivity contribution in [3.8, 4) is 0 Å². The van der Waals surface area contributed by atoms with E-state index in [1.165, 1.54) is 11.1 Å². The molecule has 2 N–H and O–H groups in total. The molecule has 1 aromatic rings. The highest BCUT2D eigenvalue weighted by molar-refractivity contribution is 5.78. The fourth-order valence-electron chi connectivity index (χ4n) is 2.41. The number of benzene rings is 1. The molecular weight excluding hydrogens is 214 g/mol. The Labute approximate surface area is 102 Å². The molecular formula is C14H19NO2. The van der Waals surface area contributed by atoms with Gasteiger partial charge in [0, 0.05) is 6.04 Å². The summed E-state index contributed by atoms with van der Waals surface area (Å²) in [4.78, 5) is 11.3. The maximum Gasteiger partial charge on any atom is 0.323 e. The van der Waals surface area contributed by atoms with Crippen LogP contribution in [-0.4, -0.2) is 16.6 Å². The van der Waals surface area contributed by atoms with Crippen molar-refractivity contribution in [1.29, 1.82) is 0 Å². The first-order valence-corrected chi connectivity index (χ1v) is 6.15. The highest BCUT2D eigenvalue weighted by Crippen LogP contribution is 2.32. The van der Waals surface area contributed by atoms with Crippen LogP contribution < -0.4 is 5.32 Å². The minimum Gasteiger partial charge on any atom is -0.480 e. The van der Waals surface area contributed by atoms with Crippen LogP contribution in [0.4, 0.5) is 0 Å². The van der Waals surface area contributed by atoms with Crippen LogP contribution in [0.1, 0.15) is 43.9 Å². The van der Waals surface area contributed by atoms with Crippen molar-refractivity contribution in [2.24, 2.45) is 0 Å². The minimum atomic E-state index is -0.831. The zero-order valence-electron chi connectivity index (χ0n) is 10.4. The first-order valence-electron chi connectivity index (χ1n) is 6.15. The molecule has 0 bridgehead atoms. The Balaban J connectivity index is 2.19. The van der Waals surface area contributed by atoms with E-state index in [4.69, 9.17) is 0 Å². The molecule has 0 spiro atoms. The van der Waals surface area contributed by atoms with Crippen LogP contribution in [0, 0.1) is 0 Å². The van der Waals surface area contributed by atoms with E-state index in [0.717, 1.165) is 12.8 Å². The second kappa shape index (κ2) is 4.49. The van der Waals surface area contributed by atoms with Crippen LogP contribution in [0.3, 0.4) is 0 Å². The monoisotopic (exact) mass is 233 g/mol. The molecule has 0 saturated carbocycles. The molecule has 17 heavy (non-hydrogen) atoms. The Hall–Kier alpha value is -1.35. The molecule has 3 heteroatoms. The lowest BCUT2D eigenvalue weighted by Gasteiger charge is -2.29. The zero-order chi connectivity index (χ0) is 12.5. The summed E-state index contributed by atoms with van der Waals surface area (Å²) >= 11 is 0. The molecule has 1 aliphatic rings. The van der Waals surface area contributed by atoms with Crippen molar-refractivity contribution in [1.82, 2.24) is 5.32 Å². The van der Waals surface area contributed by atoms with Crippen molar-refractivity contribution >= 4 is 5.97 Å². The molecule has 2 atom stereocenters. The summed E-state index contributed by atoms with van der Waals surface area (Å²) in [6, 6.07) is 8.45. The minimum absolute atomic E-state index is 0.173. The van der Waals surface area contributed by atoms with E-state index in [1.54, 1.807) is 6.92 Å². The molecule has 0 amide bonds. The Bertz CT molecular complexity index is 430. The van der Waals surface area contributed by atoms with Gasteiger partial charge in [-0.2, -0.15) is 0 Å². The molecule has 0 saturated heterocycles. The van der Waals surface area contributed by atoms with Gasteiger partial charge >= 0.3 is 5.97 Å². The van der Waals surface area contributed by atoms with Gasteiger partial charge in [-0.1, -0.05) is 31.2 Å². The SMILES string of the molecule is CCC(C)(NC1CCc2ccccc21)C(=O)O. The van der Waals surface area contributed by atoms with Crippen LogP contribution in [0.2, 0.25) is 0 Å². The summed E-state index contributed by atoms with van der Waals surface area (Å²) in [7, 11) is 0. The molecule has 0 heterocycles. The number of aryl methyl sites for hydroxylation is 1. The second-order valence-corrected chi connectivity index (χ2v) is 4.93. The third kappa shape index (κ3) is 2.20. The van der Waals surface area contributed by atoms with Gasteiger partial charge in [-0.3, -0.25) is 10.1 Å². The molecule has 0 radical (unpaired) electrons. The van der Waals surface area contributed by atoms with Gasteiger partial charge in [-0.05, 0) is 37.3 Å². The Kier molecular flexibility index (Phi) is 3.20. The first-order chi connectivity index (χ1) is 8.07. The summed E-state index contributed by atoms with van der Waals surface area (Å²) in [5, 5.41) is 12.6. The molecule has 2 unspecified atom stereocenters. The van der Waals surface area contributed by atoms with Gasteiger partial charge in [-0.25, -0.2) is 0 Å². The van der Waals surface area contributed by atoms with E-state index in [-0.39, 0.29) is 6.04 Å². The zero-order valence-corrected chi connectivity index (χ0v) is 10.4. The fourth-order valence-corrected chi connectivity index (χ4v) is 2.41. The normalized spacial score (nSPS) is 21.9. The number of hydrogen-bond donors (Lipinski definition) is 2. The molecule has 0 fully saturated rings. The van der Waals surface area contributed by atoms with Gasteiger partial charge < -0.3 is 5.11 Å². The molecule has 1 aromatic carbocycles. The number of rotatable bonds is 4. The number of carboxylic acids is 1. The van der Waals surface area contributed by atoms with Crippen LogP contribution in [0.15, 0.2) is 24.3 Å². The quantitative estimate of drug-likeness (QED) is 0.840. The van der Waals surface area contributed by atoms with Gasteiger partial charge in [0.15, 0.2) is 0 Å². The third-order valence-electron chi connectivity index (χ3n) is 3.80. The van der Waals surface area contributed by atoms with E-state index in [2.05, 4.69) is 17.4 Å². The topological polar surface area (TPSA) is 49.3 Å². The number of hydrogen-bond acceptors (Lipinski definition) is 2. The van der Waals surface area contributed by atoms with Gasteiger partial charge in [0.2, 0.25) is 0 Å². The van der Waals surface area contributed by atoms with E-state index < -0.39 is 11.5 Å². The van der Waals surface area contributed by atoms with Crippen molar-refractivity contribution < 1.29 is 9.90 Å². The van der Waals surface area contributed by atoms with Crippen LogP contribution in [0.25, 0.3) is 0 Å². The number of fused-ring (bicyclic) bond motifs is 1. The van der Waals surface area contributed by atoms with E-state index in [9.17, 15) is 9.90 Å². The van der Waals surface area contributed by atoms with E-state index in [0.29, 0.717) is 6.42 Å². The van der Waals surface area contributed by atoms with E-state index in [1.807, 2.05) is 19.1 Å². The maximum atomic E-state index is 11.3. The number of carbonyl (C=O) groups is 1. The second-order valence-electron chi connectivity index (χ2n) is 4.93. The Morgan fingerprint density at radius 3 is 2.88 bits per heavy atom. The lowest BCUT2D eigenvalue weighted by atomic mass is 9.96. The Morgan fingerprint density at radius 2 is 2.24 bits per heavy atom. The average molecular weight is 233 g/mol. The lowest BCUT2D eigenvalue weighted by molar-refractivity contribution is -0.144. The first kappa shape index (κ1) is 12.1. The van der Waals surface area contributed by atoms with Crippen molar-refractivity contribution in [3.63, 3.8) is 0 Å². The summed E-state index contributed by atoms with van der Waals surface area (Å²) in [5.41, 5.74) is 1.77. The lowest BCUT2D eigenvalue weighted by Crippen LogP contribution is -2.50. The average Bonchev–Trinajstić information content (AvgIpc) is 2.72. The van der Waals surface area contributed by atoms with Crippen LogP contribution in [0.5, 0.6) is 0 Å². The fraction of sp³-hybridized carbons (Fsp3) is 0.500. The Morgan fingerprint density at radius 1 is 1.53 bits per heavy atom. The van der Waals surface area contributed by atoms with Crippen molar-refractivity contribution in [2.75, 3.05) is 0 Å². The van der Waals surface area contributed by atoms with Gasteiger partial charge in [0.25, 0.3) is 0 Å². The van der Waals surface area contributed by atoms with Crippen LogP contribution in [-0.2, 0) is 11.2 Å². The van der Waals surface area contributed by atoms with Gasteiger partial charge in [0.05, 0.1) is 0 Å². The summed E-state index contributed by atoms with van der Waals surface area (Å²) in [6.07, 6.45) is 2.61. The highest BCUT2D eigenvalue weighted by atomic mass is 16.4. The highest BCUT2D eigenvalue weighted by Gasteiger charge is 2.35. The summed E-state index contributed by atoms with van der Waals surface area (Å²) < 4.78 is 0. The van der Waals surface area contributed by atoms with E-state index >= 15 is 0 Å². The summed E-state index contributed by atoms with van der Waals surface area (Å²) in [6.45, 7) is 3.66. The van der Waals surface area contributed by atoms with Gasteiger partial charge in [0.1, 0.15) is 5.54 Å². The number of aliphatic carboxylic acids is 1. The van der Waals surface area contributed by atoms with Crippen molar-refractivity contribution in [2.45, 2.75) is 44.7 Å².